The van der Waals surface area contributed by atoms with Gasteiger partial charge in [-0.25, -0.2) is 13.8 Å². The first-order valence-electron chi connectivity index (χ1n) is 9.77. The monoisotopic (exact) mass is 416 g/mol. The minimum Gasteiger partial charge on any atom is -0.490 e. The van der Waals surface area contributed by atoms with Crippen LogP contribution in [0.4, 0.5) is 14.6 Å². The SMILES string of the molecule is CC(C)Oc1cc2nc(C3CC3)cn2cc1C(=O)Nc1cccc(OCC(F)F)n1. The summed E-state index contributed by atoms with van der Waals surface area (Å²) >= 11 is 0. The van der Waals surface area contributed by atoms with Gasteiger partial charge >= 0.3 is 0 Å². The van der Waals surface area contributed by atoms with Crippen molar-refractivity contribution in [2.75, 3.05) is 11.9 Å². The van der Waals surface area contributed by atoms with E-state index in [-0.39, 0.29) is 17.8 Å². The highest BCUT2D eigenvalue weighted by atomic mass is 19.3. The van der Waals surface area contributed by atoms with Crippen molar-refractivity contribution in [1.29, 1.82) is 0 Å². The van der Waals surface area contributed by atoms with Crippen molar-refractivity contribution in [2.24, 2.45) is 0 Å². The quantitative estimate of drug-likeness (QED) is 0.593. The van der Waals surface area contributed by atoms with E-state index >= 15 is 0 Å². The molecule has 0 aromatic carbocycles. The molecule has 0 aliphatic heterocycles. The molecule has 9 heteroatoms. The van der Waals surface area contributed by atoms with Crippen LogP contribution in [0.15, 0.2) is 36.7 Å². The number of amides is 1. The zero-order chi connectivity index (χ0) is 21.3. The van der Waals surface area contributed by atoms with Crippen LogP contribution in [0, 0.1) is 0 Å². The first kappa shape index (κ1) is 20.1. The maximum atomic E-state index is 13.0. The number of anilines is 1. The predicted octanol–water partition coefficient (Wildman–Crippen LogP) is 4.29. The van der Waals surface area contributed by atoms with Crippen LogP contribution >= 0.6 is 0 Å². The maximum absolute atomic E-state index is 13.0. The summed E-state index contributed by atoms with van der Waals surface area (Å²) in [5, 5.41) is 2.68. The Kier molecular flexibility index (Phi) is 5.52. The van der Waals surface area contributed by atoms with Gasteiger partial charge in [0.1, 0.15) is 17.2 Å². The number of carbonyl (C=O) groups excluding carboxylic acids is 1. The number of alkyl halides is 2. The van der Waals surface area contributed by atoms with Crippen LogP contribution in [-0.2, 0) is 0 Å². The second-order valence-corrected chi connectivity index (χ2v) is 7.44. The third-order valence-corrected chi connectivity index (χ3v) is 4.50. The molecule has 30 heavy (non-hydrogen) atoms. The van der Waals surface area contributed by atoms with Crippen molar-refractivity contribution < 1.29 is 23.0 Å². The average molecular weight is 416 g/mol. The van der Waals surface area contributed by atoms with E-state index in [1.807, 2.05) is 24.4 Å². The van der Waals surface area contributed by atoms with Crippen molar-refractivity contribution in [3.05, 3.63) is 47.9 Å². The Labute approximate surface area is 172 Å². The Hall–Kier alpha value is -3.23. The first-order valence-corrected chi connectivity index (χ1v) is 9.77. The fourth-order valence-corrected chi connectivity index (χ4v) is 3.03. The zero-order valence-corrected chi connectivity index (χ0v) is 16.6. The first-order chi connectivity index (χ1) is 14.4. The number of ether oxygens (including phenoxy) is 2. The van der Waals surface area contributed by atoms with Crippen molar-refractivity contribution in [3.8, 4) is 11.6 Å². The minimum atomic E-state index is -2.61. The molecule has 0 unspecified atom stereocenters. The average Bonchev–Trinajstić information content (AvgIpc) is 3.45. The van der Waals surface area contributed by atoms with Crippen molar-refractivity contribution in [1.82, 2.24) is 14.4 Å². The standard InChI is InChI=1S/C21H22F2N4O3/c1-12(2)30-16-8-19-24-15(13-6-7-13)10-27(19)9-14(16)21(28)26-18-4-3-5-20(25-18)29-11-17(22)23/h3-5,8-10,12-13,17H,6-7,11H2,1-2H3,(H,25,26,28). The lowest BCUT2D eigenvalue weighted by Gasteiger charge is -2.15. The molecule has 3 heterocycles. The van der Waals surface area contributed by atoms with E-state index < -0.39 is 18.9 Å². The van der Waals surface area contributed by atoms with Gasteiger partial charge in [-0.3, -0.25) is 4.79 Å². The van der Waals surface area contributed by atoms with Crippen LogP contribution in [0.3, 0.4) is 0 Å². The van der Waals surface area contributed by atoms with Gasteiger partial charge in [0.2, 0.25) is 5.88 Å². The third-order valence-electron chi connectivity index (χ3n) is 4.50. The van der Waals surface area contributed by atoms with Gasteiger partial charge in [0.15, 0.2) is 6.61 Å². The van der Waals surface area contributed by atoms with Gasteiger partial charge < -0.3 is 19.2 Å². The molecule has 1 amide bonds. The fraction of sp³-hybridized carbons (Fsp3) is 0.381. The van der Waals surface area contributed by atoms with Crippen LogP contribution in [0.2, 0.25) is 0 Å². The van der Waals surface area contributed by atoms with Crippen LogP contribution in [0.1, 0.15) is 48.7 Å². The Balaban J connectivity index is 1.60. The van der Waals surface area contributed by atoms with Crippen LogP contribution < -0.4 is 14.8 Å². The molecule has 1 aliphatic carbocycles. The molecule has 1 saturated carbocycles. The van der Waals surface area contributed by atoms with E-state index in [0.717, 1.165) is 18.5 Å². The second kappa shape index (κ2) is 8.25. The maximum Gasteiger partial charge on any atom is 0.272 e. The van der Waals surface area contributed by atoms with E-state index in [9.17, 15) is 13.6 Å². The summed E-state index contributed by atoms with van der Waals surface area (Å²) in [4.78, 5) is 21.7. The number of hydrogen-bond donors (Lipinski definition) is 1. The number of imidazole rings is 1. The number of rotatable bonds is 8. The van der Waals surface area contributed by atoms with Gasteiger partial charge in [0.25, 0.3) is 12.3 Å². The minimum absolute atomic E-state index is 0.00545. The largest absolute Gasteiger partial charge is 0.490 e. The summed E-state index contributed by atoms with van der Waals surface area (Å²) in [5.74, 6) is 0.648. The lowest BCUT2D eigenvalue weighted by molar-refractivity contribution is 0.0796. The Morgan fingerprint density at radius 3 is 2.77 bits per heavy atom. The molecule has 0 bridgehead atoms. The molecule has 4 rings (SSSR count). The van der Waals surface area contributed by atoms with Crippen LogP contribution in [0.5, 0.6) is 11.6 Å². The number of nitrogens with one attached hydrogen (secondary N) is 1. The highest BCUT2D eigenvalue weighted by Crippen LogP contribution is 2.39. The van der Waals surface area contributed by atoms with Crippen LogP contribution in [-0.4, -0.2) is 39.4 Å². The molecular formula is C21H22F2N4O3. The lowest BCUT2D eigenvalue weighted by Crippen LogP contribution is -2.17. The van der Waals surface area contributed by atoms with E-state index in [4.69, 9.17) is 9.47 Å². The molecule has 0 radical (unpaired) electrons. The number of fused-ring (bicyclic) bond motifs is 1. The van der Waals surface area contributed by atoms with E-state index in [2.05, 4.69) is 15.3 Å². The molecule has 1 aliphatic rings. The van der Waals surface area contributed by atoms with E-state index in [1.165, 1.54) is 6.07 Å². The van der Waals surface area contributed by atoms with Gasteiger partial charge in [-0.05, 0) is 32.8 Å². The molecule has 1 fully saturated rings. The Bertz CT molecular complexity index is 1060. The summed E-state index contributed by atoms with van der Waals surface area (Å²) in [6, 6.07) is 6.31. The normalized spacial score (nSPS) is 13.8. The molecule has 158 valence electrons. The van der Waals surface area contributed by atoms with Gasteiger partial charge in [-0.2, -0.15) is 4.98 Å². The van der Waals surface area contributed by atoms with Crippen molar-refractivity contribution >= 4 is 17.4 Å². The van der Waals surface area contributed by atoms with Gasteiger partial charge in [-0.1, -0.05) is 6.07 Å². The number of pyridine rings is 2. The highest BCUT2D eigenvalue weighted by molar-refractivity contribution is 6.05. The molecule has 1 N–H and O–H groups in total. The van der Waals surface area contributed by atoms with Crippen molar-refractivity contribution in [2.45, 2.75) is 45.1 Å². The summed E-state index contributed by atoms with van der Waals surface area (Å²) in [6.07, 6.45) is 3.12. The molecule has 0 atom stereocenters. The van der Waals surface area contributed by atoms with Gasteiger partial charge in [-0.15, -0.1) is 0 Å². The number of hydrogen-bond acceptors (Lipinski definition) is 5. The summed E-state index contributed by atoms with van der Waals surface area (Å²) in [6.45, 7) is 2.98. The topological polar surface area (TPSA) is 77.8 Å². The van der Waals surface area contributed by atoms with Crippen LogP contribution in [0.25, 0.3) is 5.65 Å². The summed E-state index contributed by atoms with van der Waals surface area (Å²) in [5.41, 5.74) is 2.04. The lowest BCUT2D eigenvalue weighted by atomic mass is 10.2. The number of nitrogens with zero attached hydrogens (tertiary/aromatic N) is 3. The summed E-state index contributed by atoms with van der Waals surface area (Å²) < 4.78 is 37.2. The molecular weight excluding hydrogens is 394 g/mol. The molecule has 7 nitrogen and oxygen atoms in total. The third kappa shape index (κ3) is 4.67. The van der Waals surface area contributed by atoms with E-state index in [0.29, 0.717) is 22.9 Å². The Morgan fingerprint density at radius 2 is 2.07 bits per heavy atom. The Morgan fingerprint density at radius 1 is 1.27 bits per heavy atom. The smallest absolute Gasteiger partial charge is 0.272 e. The number of halogens is 2. The predicted molar refractivity (Wildman–Crippen MR) is 107 cm³/mol. The number of aromatic nitrogens is 3. The zero-order valence-electron chi connectivity index (χ0n) is 16.6. The van der Waals surface area contributed by atoms with Gasteiger partial charge in [0, 0.05) is 30.4 Å². The van der Waals surface area contributed by atoms with Crippen molar-refractivity contribution in [3.63, 3.8) is 0 Å². The number of carbonyl (C=O) groups is 1. The summed E-state index contributed by atoms with van der Waals surface area (Å²) in [7, 11) is 0. The molecule has 3 aromatic heterocycles. The fourth-order valence-electron chi connectivity index (χ4n) is 3.03. The second-order valence-electron chi connectivity index (χ2n) is 7.44. The molecule has 3 aromatic rings. The van der Waals surface area contributed by atoms with E-state index in [1.54, 1.807) is 24.4 Å². The highest BCUT2D eigenvalue weighted by Gasteiger charge is 2.27. The molecule has 0 saturated heterocycles. The molecule has 0 spiro atoms. The van der Waals surface area contributed by atoms with Gasteiger partial charge in [0.05, 0.1) is 17.4 Å².